The molecule has 58 valence electrons. The number of aliphatic hydroxyl groups excluding tert-OH is 1. The molecule has 0 bridgehead atoms. The van der Waals surface area contributed by atoms with E-state index in [4.69, 9.17) is 16.7 Å². The molecule has 0 aromatic rings. The summed E-state index contributed by atoms with van der Waals surface area (Å²) in [6.07, 6.45) is 2.60. The molecule has 0 aliphatic rings. The van der Waals surface area contributed by atoms with Gasteiger partial charge in [-0.05, 0) is 24.1 Å². The molecule has 1 atom stereocenters. The second kappa shape index (κ2) is 7.40. The Balaban J connectivity index is 3.18. The van der Waals surface area contributed by atoms with Gasteiger partial charge in [0.1, 0.15) is 0 Å². The summed E-state index contributed by atoms with van der Waals surface area (Å²) in [4.78, 5) is 2.56. The monoisotopic (exact) mass is 224 g/mol. The van der Waals surface area contributed by atoms with E-state index in [9.17, 15) is 0 Å². The minimum atomic E-state index is -0.0778. The van der Waals surface area contributed by atoms with Gasteiger partial charge in [0.25, 0.3) is 0 Å². The molecule has 0 rings (SSSR count). The highest BCUT2D eigenvalue weighted by atomic mass is 79.9. The molecule has 0 amide bonds. The van der Waals surface area contributed by atoms with E-state index in [2.05, 4.69) is 26.7 Å². The maximum absolute atomic E-state index is 8.42. The van der Waals surface area contributed by atoms with E-state index in [0.29, 0.717) is 0 Å². The summed E-state index contributed by atoms with van der Waals surface area (Å²) < 4.78 is 0. The van der Waals surface area contributed by atoms with Gasteiger partial charge in [-0.1, -0.05) is 5.92 Å². The molecule has 0 aromatic heterocycles. The minimum Gasteiger partial charge on any atom is -0.396 e. The first-order chi connectivity index (χ1) is 4.81. The van der Waals surface area contributed by atoms with Gasteiger partial charge in [0.2, 0.25) is 0 Å². The highest BCUT2D eigenvalue weighted by molar-refractivity contribution is 9.12. The number of aliphatic hydroxyl groups is 1. The molecule has 0 heterocycles. The average Bonchev–Trinajstić information content (AvgIpc) is 1.89. The van der Waals surface area contributed by atoms with E-state index in [1.165, 1.54) is 0 Å². The third kappa shape index (κ3) is 6.41. The van der Waals surface area contributed by atoms with Crippen LogP contribution in [-0.2, 0) is 0 Å². The Morgan fingerprint density at radius 1 is 1.50 bits per heavy atom. The van der Waals surface area contributed by atoms with Crippen LogP contribution >= 0.6 is 27.5 Å². The number of unbranched alkanes of at least 4 members (excludes halogenated alkanes) is 1. The Kier molecular flexibility index (Phi) is 7.61. The minimum absolute atomic E-state index is 0.0778. The first-order valence-electron chi connectivity index (χ1n) is 3.17. The molecule has 0 aliphatic carbocycles. The predicted molar refractivity (Wildman–Crippen MR) is 47.3 cm³/mol. The molecule has 3 heteroatoms. The van der Waals surface area contributed by atoms with Crippen LogP contribution in [0.25, 0.3) is 0 Å². The molecule has 0 saturated carbocycles. The number of halogens is 2. The average molecular weight is 226 g/mol. The van der Waals surface area contributed by atoms with Gasteiger partial charge in [-0.15, -0.1) is 11.6 Å². The van der Waals surface area contributed by atoms with E-state index >= 15 is 0 Å². The van der Waals surface area contributed by atoms with Crippen LogP contribution in [0.1, 0.15) is 19.3 Å². The zero-order valence-corrected chi connectivity index (χ0v) is 7.95. The van der Waals surface area contributed by atoms with Crippen molar-refractivity contribution in [1.82, 2.24) is 0 Å². The standard InChI is InChI=1S/C7H10BrClO/c8-5-4-7(9)3-1-2-6-10/h7,10H,1-3,6H2. The zero-order valence-electron chi connectivity index (χ0n) is 5.61. The van der Waals surface area contributed by atoms with Crippen molar-refractivity contribution in [2.75, 3.05) is 6.61 Å². The fourth-order valence-corrected chi connectivity index (χ4v) is 1.18. The van der Waals surface area contributed by atoms with E-state index in [0.717, 1.165) is 19.3 Å². The van der Waals surface area contributed by atoms with Crippen LogP contribution in [0.2, 0.25) is 0 Å². The smallest absolute Gasteiger partial charge is 0.0952 e. The molecule has 0 aliphatic heterocycles. The number of rotatable bonds is 4. The zero-order chi connectivity index (χ0) is 7.82. The fraction of sp³-hybridized carbons (Fsp3) is 0.714. The van der Waals surface area contributed by atoms with Crippen LogP contribution in [0, 0.1) is 10.8 Å². The van der Waals surface area contributed by atoms with Gasteiger partial charge in [-0.2, -0.15) is 0 Å². The Morgan fingerprint density at radius 3 is 2.70 bits per heavy atom. The van der Waals surface area contributed by atoms with E-state index in [1.807, 2.05) is 0 Å². The first-order valence-corrected chi connectivity index (χ1v) is 4.40. The number of hydrogen-bond donors (Lipinski definition) is 1. The van der Waals surface area contributed by atoms with Gasteiger partial charge in [-0.25, -0.2) is 0 Å². The summed E-state index contributed by atoms with van der Waals surface area (Å²) >= 11 is 8.70. The maximum atomic E-state index is 8.42. The molecular formula is C7H10BrClO. The van der Waals surface area contributed by atoms with Gasteiger partial charge in [0.05, 0.1) is 5.38 Å². The quantitative estimate of drug-likeness (QED) is 0.441. The molecule has 1 N–H and O–H groups in total. The van der Waals surface area contributed by atoms with Crippen molar-refractivity contribution in [3.63, 3.8) is 0 Å². The van der Waals surface area contributed by atoms with Crippen molar-refractivity contribution >= 4 is 27.5 Å². The van der Waals surface area contributed by atoms with E-state index in [-0.39, 0.29) is 12.0 Å². The molecule has 1 nitrogen and oxygen atoms in total. The summed E-state index contributed by atoms with van der Waals surface area (Å²) in [5.41, 5.74) is 0. The fourth-order valence-electron chi connectivity index (χ4n) is 0.567. The summed E-state index contributed by atoms with van der Waals surface area (Å²) in [6, 6.07) is 0. The summed E-state index contributed by atoms with van der Waals surface area (Å²) in [5, 5.41) is 8.34. The highest BCUT2D eigenvalue weighted by Gasteiger charge is 1.97. The molecule has 0 aromatic carbocycles. The molecule has 0 fully saturated rings. The number of hydrogen-bond acceptors (Lipinski definition) is 1. The lowest BCUT2D eigenvalue weighted by Gasteiger charge is -1.98. The van der Waals surface area contributed by atoms with Gasteiger partial charge in [-0.3, -0.25) is 0 Å². The molecule has 0 radical (unpaired) electrons. The lowest BCUT2D eigenvalue weighted by molar-refractivity contribution is 0.283. The van der Waals surface area contributed by atoms with Crippen LogP contribution < -0.4 is 0 Å². The highest BCUT2D eigenvalue weighted by Crippen LogP contribution is 2.05. The van der Waals surface area contributed by atoms with Gasteiger partial charge >= 0.3 is 0 Å². The topological polar surface area (TPSA) is 20.2 Å². The lowest BCUT2D eigenvalue weighted by atomic mass is 10.2. The van der Waals surface area contributed by atoms with Crippen molar-refractivity contribution in [3.8, 4) is 10.8 Å². The lowest BCUT2D eigenvalue weighted by Crippen LogP contribution is -1.94. The van der Waals surface area contributed by atoms with Crippen molar-refractivity contribution in [2.24, 2.45) is 0 Å². The second-order valence-electron chi connectivity index (χ2n) is 1.93. The van der Waals surface area contributed by atoms with Gasteiger partial charge in [0, 0.05) is 22.5 Å². The summed E-state index contributed by atoms with van der Waals surface area (Å²) in [7, 11) is 0. The molecule has 1 unspecified atom stereocenters. The van der Waals surface area contributed by atoms with Crippen molar-refractivity contribution in [1.29, 1.82) is 0 Å². The van der Waals surface area contributed by atoms with Crippen LogP contribution in [0.15, 0.2) is 0 Å². The Bertz CT molecular complexity index is 127. The summed E-state index contributed by atoms with van der Waals surface area (Å²) in [6.45, 7) is 0.241. The first kappa shape index (κ1) is 10.3. The van der Waals surface area contributed by atoms with Gasteiger partial charge < -0.3 is 5.11 Å². The third-order valence-electron chi connectivity index (χ3n) is 1.08. The molecule has 0 spiro atoms. The van der Waals surface area contributed by atoms with Crippen LogP contribution in [0.4, 0.5) is 0 Å². The predicted octanol–water partition coefficient (Wildman–Crippen LogP) is 2.11. The number of alkyl halides is 1. The van der Waals surface area contributed by atoms with Crippen molar-refractivity contribution in [2.45, 2.75) is 24.6 Å². The Labute approximate surface area is 74.9 Å². The van der Waals surface area contributed by atoms with Crippen LogP contribution in [-0.4, -0.2) is 17.1 Å². The van der Waals surface area contributed by atoms with Crippen LogP contribution in [0.3, 0.4) is 0 Å². The molecular weight excluding hydrogens is 215 g/mol. The normalized spacial score (nSPS) is 11.9. The molecule has 0 saturated heterocycles. The molecule has 10 heavy (non-hydrogen) atoms. The van der Waals surface area contributed by atoms with Crippen LogP contribution in [0.5, 0.6) is 0 Å². The SMILES string of the molecule is OCCCCC(Cl)C#CBr. The van der Waals surface area contributed by atoms with E-state index < -0.39 is 0 Å². The van der Waals surface area contributed by atoms with Gasteiger partial charge in [0.15, 0.2) is 0 Å². The maximum Gasteiger partial charge on any atom is 0.0952 e. The summed E-state index contributed by atoms with van der Waals surface area (Å²) in [5.74, 6) is 2.75. The Hall–Kier alpha value is 0.290. The van der Waals surface area contributed by atoms with Crippen molar-refractivity contribution in [3.05, 3.63) is 0 Å². The van der Waals surface area contributed by atoms with E-state index in [1.54, 1.807) is 0 Å². The van der Waals surface area contributed by atoms with Crippen molar-refractivity contribution < 1.29 is 5.11 Å². The third-order valence-corrected chi connectivity index (χ3v) is 1.63. The second-order valence-corrected chi connectivity index (χ2v) is 2.85. The Morgan fingerprint density at radius 2 is 2.20 bits per heavy atom. The largest absolute Gasteiger partial charge is 0.396 e.